The van der Waals surface area contributed by atoms with Crippen LogP contribution in [0, 0.1) is 13.8 Å². The van der Waals surface area contributed by atoms with Gasteiger partial charge in [0.2, 0.25) is 11.8 Å². The smallest absolute Gasteiger partial charge is 0.264 e. The number of rotatable bonds is 9. The number of amides is 2. The number of aryl methyl sites for hydroxylation is 2. The normalized spacial score (nSPS) is 12.5. The van der Waals surface area contributed by atoms with Crippen molar-refractivity contribution in [2.24, 2.45) is 0 Å². The molecular weight excluding hydrogens is 534 g/mol. The predicted octanol–water partition coefficient (Wildman–Crippen LogP) is 5.48. The van der Waals surface area contributed by atoms with Crippen molar-refractivity contribution < 1.29 is 18.0 Å². The molecule has 0 fully saturated rings. The maximum atomic E-state index is 14.0. The minimum Gasteiger partial charge on any atom is -0.350 e. The molecule has 1 unspecified atom stereocenters. The SMILES string of the molecule is Cc1cc(C)cc(N(CC(=O)N(Cc2ccccc2Cl)C(C)C(=O)NC(C)(C)C)S(=O)(=O)c2ccccc2)c1. The number of nitrogens with zero attached hydrogens (tertiary/aromatic N) is 2. The number of benzene rings is 3. The van der Waals surface area contributed by atoms with Crippen molar-refractivity contribution in [1.82, 2.24) is 10.2 Å². The summed E-state index contributed by atoms with van der Waals surface area (Å²) < 4.78 is 28.9. The van der Waals surface area contributed by atoms with Gasteiger partial charge < -0.3 is 10.2 Å². The number of carbonyl (C=O) groups is 2. The molecule has 0 saturated heterocycles. The molecule has 0 radical (unpaired) electrons. The molecule has 0 aromatic heterocycles. The van der Waals surface area contributed by atoms with Gasteiger partial charge in [0.1, 0.15) is 12.6 Å². The second-order valence-electron chi connectivity index (χ2n) is 10.7. The lowest BCUT2D eigenvalue weighted by molar-refractivity contribution is -0.140. The van der Waals surface area contributed by atoms with Gasteiger partial charge in [-0.25, -0.2) is 8.42 Å². The molecule has 3 aromatic carbocycles. The van der Waals surface area contributed by atoms with E-state index in [-0.39, 0.29) is 17.3 Å². The number of hydrogen-bond donors (Lipinski definition) is 1. The van der Waals surface area contributed by atoms with E-state index in [4.69, 9.17) is 11.6 Å². The lowest BCUT2D eigenvalue weighted by Crippen LogP contribution is -2.54. The number of carbonyl (C=O) groups excluding carboxylic acids is 2. The fourth-order valence-electron chi connectivity index (χ4n) is 4.21. The first-order valence-electron chi connectivity index (χ1n) is 12.7. The van der Waals surface area contributed by atoms with Gasteiger partial charge in [0, 0.05) is 17.1 Å². The maximum absolute atomic E-state index is 14.0. The summed E-state index contributed by atoms with van der Waals surface area (Å²) in [7, 11) is -4.11. The second kappa shape index (κ2) is 12.2. The Bertz CT molecular complexity index is 1420. The third kappa shape index (κ3) is 7.83. The first-order valence-corrected chi connectivity index (χ1v) is 14.5. The van der Waals surface area contributed by atoms with Crippen LogP contribution in [0.15, 0.2) is 77.7 Å². The standard InChI is InChI=1S/C30H36ClN3O4S/c1-21-16-22(2)18-25(17-21)34(39(37,38)26-13-8-7-9-14-26)20-28(35)33(19-24-12-10-11-15-27(24)31)23(3)29(36)32-30(4,5)6/h7-18,23H,19-20H2,1-6H3,(H,32,36). The Morgan fingerprint density at radius 1 is 0.923 bits per heavy atom. The van der Waals surface area contributed by atoms with Crippen molar-refractivity contribution >= 4 is 39.1 Å². The first-order chi connectivity index (χ1) is 18.2. The Morgan fingerprint density at radius 3 is 2.05 bits per heavy atom. The molecule has 3 aromatic rings. The van der Waals surface area contributed by atoms with Crippen LogP contribution >= 0.6 is 11.6 Å². The van der Waals surface area contributed by atoms with E-state index in [1.54, 1.807) is 61.5 Å². The minimum atomic E-state index is -4.11. The van der Waals surface area contributed by atoms with Crippen molar-refractivity contribution in [3.8, 4) is 0 Å². The zero-order valence-corrected chi connectivity index (χ0v) is 24.8. The summed E-state index contributed by atoms with van der Waals surface area (Å²) in [6, 6.07) is 19.6. The molecule has 39 heavy (non-hydrogen) atoms. The van der Waals surface area contributed by atoms with Gasteiger partial charge in [0.15, 0.2) is 0 Å². The van der Waals surface area contributed by atoms with Gasteiger partial charge in [-0.2, -0.15) is 0 Å². The Morgan fingerprint density at radius 2 is 1.49 bits per heavy atom. The van der Waals surface area contributed by atoms with Crippen LogP contribution in [0.25, 0.3) is 0 Å². The van der Waals surface area contributed by atoms with Gasteiger partial charge >= 0.3 is 0 Å². The van der Waals surface area contributed by atoms with Crippen LogP contribution in [-0.2, 0) is 26.2 Å². The molecule has 2 amide bonds. The molecule has 7 nitrogen and oxygen atoms in total. The Hall–Kier alpha value is -3.36. The van der Waals surface area contributed by atoms with Crippen LogP contribution in [-0.4, -0.2) is 43.3 Å². The Labute approximate surface area is 236 Å². The largest absolute Gasteiger partial charge is 0.350 e. The number of nitrogens with one attached hydrogen (secondary N) is 1. The van der Waals surface area contributed by atoms with Crippen LogP contribution < -0.4 is 9.62 Å². The molecule has 0 aliphatic rings. The summed E-state index contributed by atoms with van der Waals surface area (Å²) in [6.45, 7) is 10.5. The van der Waals surface area contributed by atoms with Gasteiger partial charge in [-0.05, 0) is 88.6 Å². The monoisotopic (exact) mass is 569 g/mol. The predicted molar refractivity (Wildman–Crippen MR) is 156 cm³/mol. The van der Waals surface area contributed by atoms with E-state index in [1.807, 2.05) is 40.7 Å². The summed E-state index contributed by atoms with van der Waals surface area (Å²) in [5.41, 5.74) is 2.21. The van der Waals surface area contributed by atoms with Gasteiger partial charge in [-0.1, -0.05) is 54.1 Å². The Balaban J connectivity index is 2.07. The molecule has 0 bridgehead atoms. The molecule has 9 heteroatoms. The lowest BCUT2D eigenvalue weighted by Gasteiger charge is -2.33. The fourth-order valence-corrected chi connectivity index (χ4v) is 5.82. The number of halogens is 1. The number of hydrogen-bond acceptors (Lipinski definition) is 4. The second-order valence-corrected chi connectivity index (χ2v) is 13.0. The average Bonchev–Trinajstić information content (AvgIpc) is 2.85. The van der Waals surface area contributed by atoms with Crippen LogP contribution in [0.2, 0.25) is 5.02 Å². The molecular formula is C30H36ClN3O4S. The minimum absolute atomic E-state index is 0.0311. The summed E-state index contributed by atoms with van der Waals surface area (Å²) >= 11 is 6.41. The summed E-state index contributed by atoms with van der Waals surface area (Å²) in [5.74, 6) is -0.892. The molecule has 0 saturated carbocycles. The number of anilines is 1. The van der Waals surface area contributed by atoms with Crippen LogP contribution in [0.4, 0.5) is 5.69 Å². The van der Waals surface area contributed by atoms with Gasteiger partial charge in [-0.15, -0.1) is 0 Å². The molecule has 0 aliphatic heterocycles. The van der Waals surface area contributed by atoms with Crippen molar-refractivity contribution in [2.45, 2.75) is 64.6 Å². The highest BCUT2D eigenvalue weighted by molar-refractivity contribution is 7.92. The van der Waals surface area contributed by atoms with Crippen LogP contribution in [0.1, 0.15) is 44.4 Å². The maximum Gasteiger partial charge on any atom is 0.264 e. The summed E-state index contributed by atoms with van der Waals surface area (Å²) in [4.78, 5) is 28.6. The van der Waals surface area contributed by atoms with Gasteiger partial charge in [0.05, 0.1) is 10.6 Å². The average molecular weight is 570 g/mol. The molecule has 208 valence electrons. The van der Waals surface area contributed by atoms with E-state index < -0.39 is 34.1 Å². The highest BCUT2D eigenvalue weighted by atomic mass is 35.5. The molecule has 0 heterocycles. The van der Waals surface area contributed by atoms with Gasteiger partial charge in [-0.3, -0.25) is 13.9 Å². The van der Waals surface area contributed by atoms with E-state index in [0.717, 1.165) is 15.4 Å². The van der Waals surface area contributed by atoms with Crippen LogP contribution in [0.3, 0.4) is 0 Å². The molecule has 0 spiro atoms. The van der Waals surface area contributed by atoms with Crippen molar-refractivity contribution in [3.05, 3.63) is 94.5 Å². The third-order valence-electron chi connectivity index (χ3n) is 6.07. The lowest BCUT2D eigenvalue weighted by atomic mass is 10.1. The highest BCUT2D eigenvalue weighted by Gasteiger charge is 2.33. The third-order valence-corrected chi connectivity index (χ3v) is 8.23. The Kier molecular flexibility index (Phi) is 9.46. The van der Waals surface area contributed by atoms with Crippen molar-refractivity contribution in [3.63, 3.8) is 0 Å². The van der Waals surface area contributed by atoms with E-state index >= 15 is 0 Å². The summed E-state index contributed by atoms with van der Waals surface area (Å²) in [6.07, 6.45) is 0. The topological polar surface area (TPSA) is 86.8 Å². The molecule has 3 rings (SSSR count). The van der Waals surface area contributed by atoms with E-state index in [2.05, 4.69) is 5.32 Å². The molecule has 1 atom stereocenters. The first kappa shape index (κ1) is 30.2. The summed E-state index contributed by atoms with van der Waals surface area (Å²) in [5, 5.41) is 3.36. The zero-order valence-electron chi connectivity index (χ0n) is 23.2. The van der Waals surface area contributed by atoms with E-state index in [0.29, 0.717) is 16.3 Å². The van der Waals surface area contributed by atoms with E-state index in [1.165, 1.54) is 17.0 Å². The van der Waals surface area contributed by atoms with Crippen molar-refractivity contribution in [2.75, 3.05) is 10.8 Å². The van der Waals surface area contributed by atoms with Crippen LogP contribution in [0.5, 0.6) is 0 Å². The van der Waals surface area contributed by atoms with Crippen molar-refractivity contribution in [1.29, 1.82) is 0 Å². The fraction of sp³-hybridized carbons (Fsp3) is 0.333. The zero-order chi connectivity index (χ0) is 29.0. The van der Waals surface area contributed by atoms with Gasteiger partial charge in [0.25, 0.3) is 10.0 Å². The number of sulfonamides is 1. The molecule has 1 N–H and O–H groups in total. The van der Waals surface area contributed by atoms with E-state index in [9.17, 15) is 18.0 Å². The highest BCUT2D eigenvalue weighted by Crippen LogP contribution is 2.27. The molecule has 0 aliphatic carbocycles. The quantitative estimate of drug-likeness (QED) is 0.369.